The van der Waals surface area contributed by atoms with Crippen LogP contribution >= 0.6 is 0 Å². The number of methoxy groups -OCH3 is 1. The molecule has 0 saturated heterocycles. The van der Waals surface area contributed by atoms with Crippen molar-refractivity contribution < 1.29 is 14.1 Å². The lowest BCUT2D eigenvalue weighted by Crippen LogP contribution is -2.30. The molecule has 1 N–H and O–H groups in total. The molecular weight excluding hydrogens is 282 g/mol. The summed E-state index contributed by atoms with van der Waals surface area (Å²) in [6.07, 6.45) is 0. The van der Waals surface area contributed by atoms with E-state index in [9.17, 15) is 4.79 Å². The highest BCUT2D eigenvalue weighted by Gasteiger charge is 2.13. The molecule has 0 radical (unpaired) electrons. The Morgan fingerprint density at radius 1 is 1.41 bits per heavy atom. The molecule has 0 aliphatic rings. The average molecular weight is 303 g/mol. The van der Waals surface area contributed by atoms with Crippen LogP contribution in [0.3, 0.4) is 0 Å². The number of nitrogens with zero attached hydrogens (tertiary/aromatic N) is 2. The summed E-state index contributed by atoms with van der Waals surface area (Å²) in [6, 6.07) is 7.28. The van der Waals surface area contributed by atoms with Crippen molar-refractivity contribution in [3.05, 3.63) is 41.3 Å². The number of hydrogen-bond acceptors (Lipinski definition) is 5. The quantitative estimate of drug-likeness (QED) is 0.887. The van der Waals surface area contributed by atoms with Crippen LogP contribution in [0.25, 0.3) is 0 Å². The molecule has 0 bridgehead atoms. The van der Waals surface area contributed by atoms with Crippen molar-refractivity contribution in [2.45, 2.75) is 20.4 Å². The molecule has 0 unspecified atom stereocenters. The minimum Gasteiger partial charge on any atom is -0.497 e. The number of aryl methyl sites for hydroxylation is 2. The summed E-state index contributed by atoms with van der Waals surface area (Å²) in [5, 5.41) is 6.78. The van der Waals surface area contributed by atoms with Crippen LogP contribution in [-0.2, 0) is 11.3 Å². The fourth-order valence-electron chi connectivity index (χ4n) is 2.20. The van der Waals surface area contributed by atoms with Gasteiger partial charge in [-0.3, -0.25) is 9.69 Å². The highest BCUT2D eigenvalue weighted by Crippen LogP contribution is 2.17. The van der Waals surface area contributed by atoms with E-state index in [4.69, 9.17) is 9.26 Å². The molecule has 1 aromatic carbocycles. The van der Waals surface area contributed by atoms with Crippen LogP contribution in [0.15, 0.2) is 28.8 Å². The van der Waals surface area contributed by atoms with Gasteiger partial charge in [0.2, 0.25) is 5.91 Å². The topological polar surface area (TPSA) is 67.6 Å². The lowest BCUT2D eigenvalue weighted by molar-refractivity contribution is -0.117. The molecule has 1 heterocycles. The molecule has 1 amide bonds. The van der Waals surface area contributed by atoms with Gasteiger partial charge in [0.15, 0.2) is 0 Å². The minimum absolute atomic E-state index is 0.0810. The fraction of sp³-hybridized carbons (Fsp3) is 0.375. The van der Waals surface area contributed by atoms with E-state index in [1.165, 1.54) is 0 Å². The Hall–Kier alpha value is -2.34. The summed E-state index contributed by atoms with van der Waals surface area (Å²) in [6.45, 7) is 4.67. The molecule has 6 heteroatoms. The van der Waals surface area contributed by atoms with Gasteiger partial charge < -0.3 is 14.6 Å². The summed E-state index contributed by atoms with van der Waals surface area (Å²) >= 11 is 0. The summed E-state index contributed by atoms with van der Waals surface area (Å²) in [5.41, 5.74) is 2.60. The lowest BCUT2D eigenvalue weighted by atomic mass is 10.2. The first-order chi connectivity index (χ1) is 10.5. The van der Waals surface area contributed by atoms with Gasteiger partial charge in [0.05, 0.1) is 19.3 Å². The molecule has 0 fully saturated rings. The van der Waals surface area contributed by atoms with E-state index in [0.717, 1.165) is 22.7 Å². The van der Waals surface area contributed by atoms with Gasteiger partial charge in [-0.15, -0.1) is 0 Å². The first kappa shape index (κ1) is 16.0. The van der Waals surface area contributed by atoms with Gasteiger partial charge in [-0.25, -0.2) is 0 Å². The van der Waals surface area contributed by atoms with E-state index in [1.54, 1.807) is 13.2 Å². The van der Waals surface area contributed by atoms with Crippen molar-refractivity contribution in [2.75, 3.05) is 26.0 Å². The van der Waals surface area contributed by atoms with Crippen LogP contribution in [0.1, 0.15) is 17.0 Å². The molecule has 0 atom stereocenters. The number of benzene rings is 1. The van der Waals surface area contributed by atoms with Crippen LogP contribution < -0.4 is 10.1 Å². The van der Waals surface area contributed by atoms with E-state index < -0.39 is 0 Å². The Kier molecular flexibility index (Phi) is 5.16. The van der Waals surface area contributed by atoms with Crippen molar-refractivity contribution in [3.8, 4) is 5.75 Å². The maximum atomic E-state index is 12.1. The minimum atomic E-state index is -0.0810. The van der Waals surface area contributed by atoms with Gasteiger partial charge in [-0.1, -0.05) is 11.2 Å². The second kappa shape index (κ2) is 7.09. The average Bonchev–Trinajstić information content (AvgIpc) is 2.79. The third kappa shape index (κ3) is 4.08. The maximum Gasteiger partial charge on any atom is 0.238 e. The maximum absolute atomic E-state index is 12.1. The van der Waals surface area contributed by atoms with Crippen molar-refractivity contribution in [1.82, 2.24) is 10.1 Å². The second-order valence-corrected chi connectivity index (χ2v) is 5.26. The van der Waals surface area contributed by atoms with Crippen LogP contribution in [0, 0.1) is 13.8 Å². The van der Waals surface area contributed by atoms with Crippen molar-refractivity contribution >= 4 is 11.6 Å². The number of carbonyl (C=O) groups excluding carboxylic acids is 1. The summed E-state index contributed by atoms with van der Waals surface area (Å²) in [4.78, 5) is 14.0. The van der Waals surface area contributed by atoms with Crippen molar-refractivity contribution in [3.63, 3.8) is 0 Å². The smallest absolute Gasteiger partial charge is 0.238 e. The van der Waals surface area contributed by atoms with Crippen molar-refractivity contribution in [2.24, 2.45) is 0 Å². The third-order valence-electron chi connectivity index (χ3n) is 3.38. The number of aromatic nitrogens is 1. The number of rotatable bonds is 6. The number of nitrogens with one attached hydrogen (secondary N) is 1. The molecule has 0 spiro atoms. The molecule has 0 saturated carbocycles. The molecular formula is C16H21N3O3. The Morgan fingerprint density at radius 3 is 2.82 bits per heavy atom. The molecule has 118 valence electrons. The van der Waals surface area contributed by atoms with E-state index in [2.05, 4.69) is 10.5 Å². The van der Waals surface area contributed by atoms with Crippen LogP contribution in [0.2, 0.25) is 0 Å². The van der Waals surface area contributed by atoms with Gasteiger partial charge in [0.1, 0.15) is 11.5 Å². The van der Waals surface area contributed by atoms with Crippen LogP contribution in [-0.4, -0.2) is 36.7 Å². The molecule has 2 rings (SSSR count). The zero-order valence-electron chi connectivity index (χ0n) is 13.3. The van der Waals surface area contributed by atoms with Gasteiger partial charge in [-0.2, -0.15) is 0 Å². The van der Waals surface area contributed by atoms with Gasteiger partial charge in [0.25, 0.3) is 0 Å². The number of ether oxygens (including phenoxy) is 1. The first-order valence-corrected chi connectivity index (χ1v) is 7.03. The standard InChI is InChI=1S/C16H21N3O3/c1-11-15(12(2)22-18-11)9-19(3)10-16(20)17-13-6-5-7-14(8-13)21-4/h5-8H,9-10H2,1-4H3,(H,17,20). The highest BCUT2D eigenvalue weighted by molar-refractivity contribution is 5.92. The fourth-order valence-corrected chi connectivity index (χ4v) is 2.20. The molecule has 0 aliphatic carbocycles. The second-order valence-electron chi connectivity index (χ2n) is 5.26. The molecule has 1 aromatic heterocycles. The van der Waals surface area contributed by atoms with Gasteiger partial charge >= 0.3 is 0 Å². The zero-order valence-corrected chi connectivity index (χ0v) is 13.3. The van der Waals surface area contributed by atoms with E-state index in [0.29, 0.717) is 12.3 Å². The predicted molar refractivity (Wildman–Crippen MR) is 83.9 cm³/mol. The van der Waals surface area contributed by atoms with E-state index >= 15 is 0 Å². The lowest BCUT2D eigenvalue weighted by Gasteiger charge is -2.16. The SMILES string of the molecule is COc1cccc(NC(=O)CN(C)Cc2c(C)noc2C)c1. The van der Waals surface area contributed by atoms with Crippen LogP contribution in [0.5, 0.6) is 5.75 Å². The largest absolute Gasteiger partial charge is 0.497 e. The van der Waals surface area contributed by atoms with Crippen LogP contribution in [0.4, 0.5) is 5.69 Å². The number of carbonyl (C=O) groups is 1. The zero-order chi connectivity index (χ0) is 16.1. The van der Waals surface area contributed by atoms with E-state index in [1.807, 2.05) is 44.0 Å². The summed E-state index contributed by atoms with van der Waals surface area (Å²) < 4.78 is 10.3. The Bertz CT molecular complexity index is 632. The number of amides is 1. The Labute approximate surface area is 130 Å². The first-order valence-electron chi connectivity index (χ1n) is 7.03. The highest BCUT2D eigenvalue weighted by atomic mass is 16.5. The third-order valence-corrected chi connectivity index (χ3v) is 3.38. The van der Waals surface area contributed by atoms with Crippen molar-refractivity contribution in [1.29, 1.82) is 0 Å². The van der Waals surface area contributed by atoms with Gasteiger partial charge in [-0.05, 0) is 33.0 Å². The number of anilines is 1. The summed E-state index contributed by atoms with van der Waals surface area (Å²) in [7, 11) is 3.48. The molecule has 0 aliphatic heterocycles. The van der Waals surface area contributed by atoms with E-state index in [-0.39, 0.29) is 12.5 Å². The molecule has 22 heavy (non-hydrogen) atoms. The normalized spacial score (nSPS) is 10.8. The molecule has 2 aromatic rings. The Morgan fingerprint density at radius 2 is 2.18 bits per heavy atom. The van der Waals surface area contributed by atoms with Gasteiger partial charge in [0, 0.05) is 23.9 Å². The Balaban J connectivity index is 1.91. The monoisotopic (exact) mass is 303 g/mol. The number of likely N-dealkylation sites (N-methyl/N-ethyl adjacent to an activating group) is 1. The number of hydrogen-bond donors (Lipinski definition) is 1. The molecule has 6 nitrogen and oxygen atoms in total. The summed E-state index contributed by atoms with van der Waals surface area (Å²) in [5.74, 6) is 1.42. The predicted octanol–water partition coefficient (Wildman–Crippen LogP) is 2.37.